The summed E-state index contributed by atoms with van der Waals surface area (Å²) in [5.41, 5.74) is 9.70. The zero-order valence-electron chi connectivity index (χ0n) is 22.4. The fraction of sp³-hybridized carbons (Fsp3) is 0.536. The van der Waals surface area contributed by atoms with Gasteiger partial charge in [-0.2, -0.15) is 5.10 Å². The van der Waals surface area contributed by atoms with Gasteiger partial charge in [-0.15, -0.1) is 12.4 Å². The lowest BCUT2D eigenvalue weighted by molar-refractivity contribution is 0.0733. The zero-order chi connectivity index (χ0) is 25.7. The van der Waals surface area contributed by atoms with Crippen molar-refractivity contribution in [2.24, 2.45) is 17.6 Å². The molecule has 0 saturated carbocycles. The molecule has 0 bridgehead atoms. The molecule has 0 unspecified atom stereocenters. The molecule has 0 saturated heterocycles. The van der Waals surface area contributed by atoms with Crippen molar-refractivity contribution in [1.29, 1.82) is 0 Å². The molecule has 0 atom stereocenters. The maximum Gasteiger partial charge on any atom is 0.274 e. The SMILES string of the molecule is CC(C)CCN(CCC(C)C)C(=O)c1ccc2nc(-c3ccc4c(c3)OCCO4)c(CCCN)n2n1.Cl. The lowest BCUT2D eigenvalue weighted by Gasteiger charge is -2.24. The molecule has 1 aliphatic rings. The van der Waals surface area contributed by atoms with Gasteiger partial charge in [0.25, 0.3) is 5.91 Å². The van der Waals surface area contributed by atoms with Crippen LogP contribution < -0.4 is 15.2 Å². The Kier molecular flexibility index (Phi) is 10.2. The third-order valence-electron chi connectivity index (χ3n) is 6.46. The molecule has 2 N–H and O–H groups in total. The largest absolute Gasteiger partial charge is 0.486 e. The Labute approximate surface area is 225 Å². The fourth-order valence-corrected chi connectivity index (χ4v) is 4.31. The molecule has 202 valence electrons. The van der Waals surface area contributed by atoms with Crippen LogP contribution in [0.15, 0.2) is 30.3 Å². The normalized spacial score (nSPS) is 12.7. The summed E-state index contributed by atoms with van der Waals surface area (Å²) in [5, 5.41) is 4.80. The van der Waals surface area contributed by atoms with E-state index in [1.807, 2.05) is 33.7 Å². The van der Waals surface area contributed by atoms with Crippen LogP contribution in [0.5, 0.6) is 11.5 Å². The second-order valence-corrected chi connectivity index (χ2v) is 10.3. The van der Waals surface area contributed by atoms with E-state index < -0.39 is 0 Å². The van der Waals surface area contributed by atoms with Gasteiger partial charge in [-0.1, -0.05) is 27.7 Å². The van der Waals surface area contributed by atoms with Gasteiger partial charge in [-0.05, 0) is 74.4 Å². The molecule has 3 aromatic rings. The first-order chi connectivity index (χ1) is 17.4. The summed E-state index contributed by atoms with van der Waals surface area (Å²) in [5.74, 6) is 2.48. The van der Waals surface area contributed by atoms with Gasteiger partial charge < -0.3 is 20.1 Å². The van der Waals surface area contributed by atoms with E-state index in [-0.39, 0.29) is 18.3 Å². The summed E-state index contributed by atoms with van der Waals surface area (Å²) in [4.78, 5) is 20.4. The number of rotatable bonds is 11. The van der Waals surface area contributed by atoms with Crippen molar-refractivity contribution in [3.8, 4) is 22.8 Å². The standard InChI is InChI=1S/C28H39N5O3.ClH/c1-19(2)11-14-32(15-12-20(3)4)28(34)22-8-10-26-30-27(23(6-5-13-29)33(26)31-22)21-7-9-24-25(18-21)36-17-16-35-24;/h7-10,18-20H,5-6,11-17,29H2,1-4H3;1H. The molecular weight excluding hydrogens is 490 g/mol. The lowest BCUT2D eigenvalue weighted by atomic mass is 10.1. The van der Waals surface area contributed by atoms with Gasteiger partial charge >= 0.3 is 0 Å². The quantitative estimate of drug-likeness (QED) is 0.375. The van der Waals surface area contributed by atoms with Gasteiger partial charge in [-0.3, -0.25) is 4.79 Å². The molecule has 4 rings (SSSR count). The van der Waals surface area contributed by atoms with Crippen LogP contribution in [0.25, 0.3) is 16.9 Å². The van der Waals surface area contributed by atoms with Crippen molar-refractivity contribution < 1.29 is 14.3 Å². The van der Waals surface area contributed by atoms with Crippen molar-refractivity contribution in [1.82, 2.24) is 19.5 Å². The van der Waals surface area contributed by atoms with Gasteiger partial charge in [0, 0.05) is 18.7 Å². The van der Waals surface area contributed by atoms with E-state index in [4.69, 9.17) is 25.3 Å². The predicted octanol–water partition coefficient (Wildman–Crippen LogP) is 5.02. The van der Waals surface area contributed by atoms with Crippen molar-refractivity contribution in [3.05, 3.63) is 41.7 Å². The van der Waals surface area contributed by atoms with E-state index in [2.05, 4.69) is 27.7 Å². The number of carbonyl (C=O) groups is 1. The van der Waals surface area contributed by atoms with Gasteiger partial charge in [-0.25, -0.2) is 9.50 Å². The van der Waals surface area contributed by atoms with Crippen LogP contribution in [0, 0.1) is 11.8 Å². The zero-order valence-corrected chi connectivity index (χ0v) is 23.2. The van der Waals surface area contributed by atoms with Crippen molar-refractivity contribution >= 4 is 24.0 Å². The number of aryl methyl sites for hydroxylation is 1. The number of fused-ring (bicyclic) bond motifs is 2. The summed E-state index contributed by atoms with van der Waals surface area (Å²) in [6.45, 7) is 11.8. The Morgan fingerprint density at radius 2 is 1.70 bits per heavy atom. The van der Waals surface area contributed by atoms with Crippen LogP contribution in [0.3, 0.4) is 0 Å². The molecule has 0 radical (unpaired) electrons. The molecule has 1 aromatic carbocycles. The van der Waals surface area contributed by atoms with Gasteiger partial charge in [0.05, 0.1) is 11.4 Å². The van der Waals surface area contributed by atoms with Crippen molar-refractivity contribution in [3.63, 3.8) is 0 Å². The molecule has 0 aliphatic carbocycles. The number of ether oxygens (including phenoxy) is 2. The van der Waals surface area contributed by atoms with Gasteiger partial charge in [0.1, 0.15) is 18.9 Å². The molecular formula is C28H40ClN5O3. The summed E-state index contributed by atoms with van der Waals surface area (Å²) in [6.07, 6.45) is 3.43. The van der Waals surface area contributed by atoms with Gasteiger partial charge in [0.2, 0.25) is 0 Å². The van der Waals surface area contributed by atoms with Crippen LogP contribution >= 0.6 is 12.4 Å². The van der Waals surface area contributed by atoms with E-state index in [1.165, 1.54) is 0 Å². The van der Waals surface area contributed by atoms with Crippen LogP contribution in [0.1, 0.15) is 63.1 Å². The highest BCUT2D eigenvalue weighted by molar-refractivity contribution is 5.92. The Morgan fingerprint density at radius 3 is 2.35 bits per heavy atom. The first kappa shape index (κ1) is 28.7. The van der Waals surface area contributed by atoms with Crippen LogP contribution in [-0.2, 0) is 6.42 Å². The topological polar surface area (TPSA) is 95.0 Å². The number of nitrogens with two attached hydrogens (primary N) is 1. The maximum absolute atomic E-state index is 13.6. The summed E-state index contributed by atoms with van der Waals surface area (Å²) < 4.78 is 13.3. The average molecular weight is 530 g/mol. The molecule has 8 nitrogen and oxygen atoms in total. The Balaban J connectivity index is 0.00000380. The minimum Gasteiger partial charge on any atom is -0.486 e. The minimum atomic E-state index is -0.0300. The minimum absolute atomic E-state index is 0. The second-order valence-electron chi connectivity index (χ2n) is 10.3. The number of halogens is 1. The Hall–Kier alpha value is -2.84. The number of aromatic nitrogens is 3. The predicted molar refractivity (Wildman–Crippen MR) is 149 cm³/mol. The third-order valence-corrected chi connectivity index (χ3v) is 6.46. The highest BCUT2D eigenvalue weighted by Crippen LogP contribution is 2.35. The number of amides is 1. The van der Waals surface area contributed by atoms with Gasteiger partial charge in [0.15, 0.2) is 17.1 Å². The summed E-state index contributed by atoms with van der Waals surface area (Å²) in [6, 6.07) is 9.56. The molecule has 9 heteroatoms. The third kappa shape index (κ3) is 6.93. The molecule has 2 aromatic heterocycles. The first-order valence-electron chi connectivity index (χ1n) is 13.2. The van der Waals surface area contributed by atoms with E-state index in [0.717, 1.165) is 60.8 Å². The number of nitrogens with zero attached hydrogens (tertiary/aromatic N) is 4. The van der Waals surface area contributed by atoms with Crippen molar-refractivity contribution in [2.75, 3.05) is 32.8 Å². The number of imidazole rings is 1. The summed E-state index contributed by atoms with van der Waals surface area (Å²) >= 11 is 0. The number of hydrogen-bond acceptors (Lipinski definition) is 6. The highest BCUT2D eigenvalue weighted by atomic mass is 35.5. The molecule has 3 heterocycles. The molecule has 1 amide bonds. The highest BCUT2D eigenvalue weighted by Gasteiger charge is 2.22. The number of carbonyl (C=O) groups excluding carboxylic acids is 1. The smallest absolute Gasteiger partial charge is 0.274 e. The van der Waals surface area contributed by atoms with E-state index in [1.54, 1.807) is 6.07 Å². The Bertz CT molecular complexity index is 1180. The number of benzene rings is 1. The van der Waals surface area contributed by atoms with Crippen LogP contribution in [-0.4, -0.2) is 58.3 Å². The number of hydrogen-bond donors (Lipinski definition) is 1. The lowest BCUT2D eigenvalue weighted by Crippen LogP contribution is -2.35. The van der Waals surface area contributed by atoms with E-state index in [0.29, 0.717) is 49.4 Å². The molecule has 0 fully saturated rings. The molecule has 1 aliphatic heterocycles. The van der Waals surface area contributed by atoms with Crippen molar-refractivity contribution in [2.45, 2.75) is 53.4 Å². The molecule has 0 spiro atoms. The second kappa shape index (κ2) is 13.1. The summed E-state index contributed by atoms with van der Waals surface area (Å²) in [7, 11) is 0. The Morgan fingerprint density at radius 1 is 1.03 bits per heavy atom. The van der Waals surface area contributed by atoms with E-state index >= 15 is 0 Å². The monoisotopic (exact) mass is 529 g/mol. The van der Waals surface area contributed by atoms with Crippen LogP contribution in [0.2, 0.25) is 0 Å². The first-order valence-corrected chi connectivity index (χ1v) is 13.2. The fourth-order valence-electron chi connectivity index (χ4n) is 4.31. The average Bonchev–Trinajstić information content (AvgIpc) is 3.24. The van der Waals surface area contributed by atoms with Crippen LogP contribution in [0.4, 0.5) is 0 Å². The van der Waals surface area contributed by atoms with E-state index in [9.17, 15) is 4.79 Å². The maximum atomic E-state index is 13.6. The molecule has 37 heavy (non-hydrogen) atoms.